The molecule has 1 aliphatic heterocycles. The predicted molar refractivity (Wildman–Crippen MR) is 104 cm³/mol. The van der Waals surface area contributed by atoms with Crippen LogP contribution in [0.4, 0.5) is 0 Å². The number of hydrogen-bond acceptors (Lipinski definition) is 5. The standard InChI is InChI=1S/C20H23N3O4S/c24-18(16-4-2-12-28-16)22-17(19(25)21-14-5-6-14)13-7-9-23(10-8-13)20(26)15-3-1-11-27-15/h1-4,11-14,17H,5-10H2,(H,21,25)(H,22,24). The molecule has 2 aromatic heterocycles. The molecule has 3 heterocycles. The summed E-state index contributed by atoms with van der Waals surface area (Å²) in [6.45, 7) is 1.07. The van der Waals surface area contributed by atoms with Gasteiger partial charge in [-0.15, -0.1) is 11.3 Å². The maximum atomic E-state index is 12.8. The molecular weight excluding hydrogens is 378 g/mol. The number of piperidine rings is 1. The Bertz CT molecular complexity index is 822. The number of carbonyl (C=O) groups is 3. The number of carbonyl (C=O) groups excluding carboxylic acids is 3. The summed E-state index contributed by atoms with van der Waals surface area (Å²) in [4.78, 5) is 40.1. The first-order valence-corrected chi connectivity index (χ1v) is 10.5. The van der Waals surface area contributed by atoms with Crippen molar-refractivity contribution in [2.75, 3.05) is 13.1 Å². The van der Waals surface area contributed by atoms with Gasteiger partial charge in [-0.3, -0.25) is 14.4 Å². The quantitative estimate of drug-likeness (QED) is 0.777. The van der Waals surface area contributed by atoms with Crippen LogP contribution in [0.3, 0.4) is 0 Å². The second-order valence-electron chi connectivity index (χ2n) is 7.32. The zero-order valence-corrected chi connectivity index (χ0v) is 16.2. The van der Waals surface area contributed by atoms with E-state index in [2.05, 4.69) is 10.6 Å². The van der Waals surface area contributed by atoms with E-state index in [1.165, 1.54) is 17.6 Å². The predicted octanol–water partition coefficient (Wildman–Crippen LogP) is 2.27. The molecule has 2 aliphatic rings. The van der Waals surface area contributed by atoms with Crippen LogP contribution in [0.2, 0.25) is 0 Å². The molecule has 4 rings (SSSR count). The molecule has 0 radical (unpaired) electrons. The van der Waals surface area contributed by atoms with Crippen LogP contribution >= 0.6 is 11.3 Å². The van der Waals surface area contributed by atoms with E-state index in [4.69, 9.17) is 4.42 Å². The van der Waals surface area contributed by atoms with Crippen LogP contribution < -0.4 is 10.6 Å². The molecule has 2 aromatic rings. The Morgan fingerprint density at radius 3 is 2.50 bits per heavy atom. The molecule has 1 atom stereocenters. The molecule has 0 bridgehead atoms. The molecule has 148 valence electrons. The first-order chi connectivity index (χ1) is 13.6. The smallest absolute Gasteiger partial charge is 0.289 e. The van der Waals surface area contributed by atoms with Crippen molar-refractivity contribution >= 4 is 29.1 Å². The lowest BCUT2D eigenvalue weighted by atomic mass is 9.88. The van der Waals surface area contributed by atoms with Crippen LogP contribution in [0, 0.1) is 5.92 Å². The molecule has 7 nitrogen and oxygen atoms in total. The van der Waals surface area contributed by atoms with Crippen LogP contribution in [0.1, 0.15) is 45.9 Å². The molecular formula is C20H23N3O4S. The van der Waals surface area contributed by atoms with E-state index in [-0.39, 0.29) is 29.7 Å². The Labute approximate surface area is 167 Å². The zero-order chi connectivity index (χ0) is 19.5. The summed E-state index contributed by atoms with van der Waals surface area (Å²) in [6.07, 6.45) is 4.78. The average molecular weight is 401 g/mol. The van der Waals surface area contributed by atoms with Crippen LogP contribution in [0.5, 0.6) is 0 Å². The van der Waals surface area contributed by atoms with Crippen molar-refractivity contribution in [2.24, 2.45) is 5.92 Å². The zero-order valence-electron chi connectivity index (χ0n) is 15.4. The molecule has 1 unspecified atom stereocenters. The summed E-state index contributed by atoms with van der Waals surface area (Å²) in [6, 6.07) is 6.56. The van der Waals surface area contributed by atoms with Gasteiger partial charge in [0.2, 0.25) is 5.91 Å². The topological polar surface area (TPSA) is 91.7 Å². The van der Waals surface area contributed by atoms with Gasteiger partial charge in [0.05, 0.1) is 11.1 Å². The fraction of sp³-hybridized carbons (Fsp3) is 0.450. The number of amides is 3. The van der Waals surface area contributed by atoms with E-state index in [0.29, 0.717) is 36.6 Å². The first-order valence-electron chi connectivity index (χ1n) is 9.59. The Morgan fingerprint density at radius 1 is 1.11 bits per heavy atom. The molecule has 3 amide bonds. The van der Waals surface area contributed by atoms with E-state index in [0.717, 1.165) is 12.8 Å². The van der Waals surface area contributed by atoms with Gasteiger partial charge in [0.15, 0.2) is 5.76 Å². The van der Waals surface area contributed by atoms with E-state index in [9.17, 15) is 14.4 Å². The maximum Gasteiger partial charge on any atom is 0.289 e. The highest BCUT2D eigenvalue weighted by molar-refractivity contribution is 7.12. The number of nitrogens with zero attached hydrogens (tertiary/aromatic N) is 1. The minimum atomic E-state index is -0.587. The molecule has 2 N–H and O–H groups in total. The molecule has 0 aromatic carbocycles. The summed E-state index contributed by atoms with van der Waals surface area (Å²) in [7, 11) is 0. The molecule has 0 spiro atoms. The molecule has 1 saturated carbocycles. The highest BCUT2D eigenvalue weighted by Gasteiger charge is 2.36. The highest BCUT2D eigenvalue weighted by Crippen LogP contribution is 2.25. The van der Waals surface area contributed by atoms with Crippen LogP contribution in [-0.4, -0.2) is 47.8 Å². The Kier molecular flexibility index (Phi) is 5.47. The summed E-state index contributed by atoms with van der Waals surface area (Å²) in [5, 5.41) is 7.78. The molecule has 1 saturated heterocycles. The van der Waals surface area contributed by atoms with Gasteiger partial charge in [0.25, 0.3) is 11.8 Å². The van der Waals surface area contributed by atoms with Crippen molar-refractivity contribution in [1.29, 1.82) is 0 Å². The minimum Gasteiger partial charge on any atom is -0.459 e. The Hall–Kier alpha value is -2.61. The number of nitrogens with one attached hydrogen (secondary N) is 2. The van der Waals surface area contributed by atoms with Gasteiger partial charge < -0.3 is 20.0 Å². The van der Waals surface area contributed by atoms with Gasteiger partial charge in [-0.05, 0) is 55.2 Å². The van der Waals surface area contributed by atoms with Crippen molar-refractivity contribution in [3.05, 3.63) is 46.5 Å². The lowest BCUT2D eigenvalue weighted by molar-refractivity contribution is -0.124. The van der Waals surface area contributed by atoms with Gasteiger partial charge in [-0.25, -0.2) is 0 Å². The fourth-order valence-electron chi connectivity index (χ4n) is 3.53. The summed E-state index contributed by atoms with van der Waals surface area (Å²) < 4.78 is 5.19. The highest BCUT2D eigenvalue weighted by atomic mass is 32.1. The second-order valence-corrected chi connectivity index (χ2v) is 8.27. The third-order valence-electron chi connectivity index (χ3n) is 5.27. The maximum absolute atomic E-state index is 12.8. The number of thiophene rings is 1. The van der Waals surface area contributed by atoms with Gasteiger partial charge in [0, 0.05) is 19.1 Å². The van der Waals surface area contributed by atoms with E-state index >= 15 is 0 Å². The SMILES string of the molecule is O=C(NC(C(=O)NC1CC1)C1CCN(C(=O)c2ccco2)CC1)c1cccs1. The Morgan fingerprint density at radius 2 is 1.89 bits per heavy atom. The van der Waals surface area contributed by atoms with Gasteiger partial charge in [0.1, 0.15) is 6.04 Å². The van der Waals surface area contributed by atoms with Crippen molar-refractivity contribution in [3.63, 3.8) is 0 Å². The number of hydrogen-bond donors (Lipinski definition) is 2. The van der Waals surface area contributed by atoms with E-state index in [1.807, 2.05) is 11.4 Å². The number of rotatable bonds is 6. The van der Waals surface area contributed by atoms with Crippen molar-refractivity contribution in [3.8, 4) is 0 Å². The fourth-order valence-corrected chi connectivity index (χ4v) is 4.16. The monoisotopic (exact) mass is 401 g/mol. The van der Waals surface area contributed by atoms with Gasteiger partial charge in [-0.2, -0.15) is 0 Å². The van der Waals surface area contributed by atoms with Crippen molar-refractivity contribution < 1.29 is 18.8 Å². The third-order valence-corrected chi connectivity index (χ3v) is 6.14. The lowest BCUT2D eigenvalue weighted by Crippen LogP contribution is -2.54. The van der Waals surface area contributed by atoms with Crippen molar-refractivity contribution in [1.82, 2.24) is 15.5 Å². The molecule has 2 fully saturated rings. The van der Waals surface area contributed by atoms with Crippen molar-refractivity contribution in [2.45, 2.75) is 37.8 Å². The van der Waals surface area contributed by atoms with Gasteiger partial charge in [-0.1, -0.05) is 6.07 Å². The molecule has 8 heteroatoms. The van der Waals surface area contributed by atoms with Gasteiger partial charge >= 0.3 is 0 Å². The second kappa shape index (κ2) is 8.18. The number of furan rings is 1. The summed E-state index contributed by atoms with van der Waals surface area (Å²) in [5.41, 5.74) is 0. The first kappa shape index (κ1) is 18.7. The normalized spacial score (nSPS) is 18.5. The Balaban J connectivity index is 1.40. The number of likely N-dealkylation sites (tertiary alicyclic amines) is 1. The molecule has 1 aliphatic carbocycles. The van der Waals surface area contributed by atoms with Crippen LogP contribution in [0.15, 0.2) is 40.3 Å². The van der Waals surface area contributed by atoms with Crippen LogP contribution in [0.25, 0.3) is 0 Å². The van der Waals surface area contributed by atoms with E-state index < -0.39 is 6.04 Å². The molecule has 28 heavy (non-hydrogen) atoms. The van der Waals surface area contributed by atoms with Crippen LogP contribution in [-0.2, 0) is 4.79 Å². The lowest BCUT2D eigenvalue weighted by Gasteiger charge is -2.35. The largest absolute Gasteiger partial charge is 0.459 e. The average Bonchev–Trinajstić information content (AvgIpc) is 3.18. The van der Waals surface area contributed by atoms with E-state index in [1.54, 1.807) is 23.1 Å². The third kappa shape index (κ3) is 4.27. The minimum absolute atomic E-state index is 0.0108. The summed E-state index contributed by atoms with van der Waals surface area (Å²) in [5.74, 6) is -0.163. The summed E-state index contributed by atoms with van der Waals surface area (Å²) >= 11 is 1.35.